The fourth-order valence-corrected chi connectivity index (χ4v) is 4.47. The average Bonchev–Trinajstić information content (AvgIpc) is 3.15. The molecule has 1 fully saturated rings. The second kappa shape index (κ2) is 10.9. The molecular weight excluding hydrogens is 382 g/mol. The maximum atomic E-state index is 12.8. The lowest BCUT2D eigenvalue weighted by Crippen LogP contribution is -2.49. The van der Waals surface area contributed by atoms with E-state index < -0.39 is 6.04 Å². The first kappa shape index (κ1) is 22.1. The first-order valence-corrected chi connectivity index (χ1v) is 11.2. The monoisotopic (exact) mass is 411 g/mol. The summed E-state index contributed by atoms with van der Waals surface area (Å²) in [5.74, 6) is 0.997. The minimum atomic E-state index is -0.414. The van der Waals surface area contributed by atoms with Gasteiger partial charge in [-0.3, -0.25) is 9.59 Å². The van der Waals surface area contributed by atoms with E-state index >= 15 is 0 Å². The highest BCUT2D eigenvalue weighted by molar-refractivity contribution is 7.99. The average molecular weight is 412 g/mol. The summed E-state index contributed by atoms with van der Waals surface area (Å²) >= 11 is 7.51. The van der Waals surface area contributed by atoms with Crippen LogP contribution in [0, 0.1) is 0 Å². The van der Waals surface area contributed by atoms with Crippen LogP contribution in [0.5, 0.6) is 0 Å². The van der Waals surface area contributed by atoms with Crippen molar-refractivity contribution in [3.8, 4) is 0 Å². The predicted octanol–water partition coefficient (Wildman–Crippen LogP) is 3.48. The van der Waals surface area contributed by atoms with Crippen LogP contribution in [0.25, 0.3) is 0 Å². The summed E-state index contributed by atoms with van der Waals surface area (Å²) in [4.78, 5) is 29.5. The Bertz CT molecular complexity index is 622. The molecule has 1 heterocycles. The molecule has 1 aliphatic heterocycles. The van der Waals surface area contributed by atoms with Gasteiger partial charge in [0.05, 0.1) is 5.88 Å². The Morgan fingerprint density at radius 2 is 1.96 bits per heavy atom. The van der Waals surface area contributed by atoms with Crippen molar-refractivity contribution in [2.24, 2.45) is 0 Å². The van der Waals surface area contributed by atoms with Crippen molar-refractivity contribution >= 4 is 35.2 Å². The number of thioether (sulfide) groups is 1. The predicted molar refractivity (Wildman–Crippen MR) is 113 cm³/mol. The molecule has 2 atom stereocenters. The van der Waals surface area contributed by atoms with Crippen molar-refractivity contribution in [1.29, 1.82) is 0 Å². The van der Waals surface area contributed by atoms with Gasteiger partial charge in [0.2, 0.25) is 5.91 Å². The smallest absolute Gasteiger partial charge is 0.255 e. The maximum absolute atomic E-state index is 12.8. The minimum absolute atomic E-state index is 0.0577. The van der Waals surface area contributed by atoms with Crippen LogP contribution in [0.2, 0.25) is 5.02 Å². The highest BCUT2D eigenvalue weighted by atomic mass is 35.5. The van der Waals surface area contributed by atoms with Gasteiger partial charge in [-0.05, 0) is 63.7 Å². The van der Waals surface area contributed by atoms with Crippen LogP contribution in [0.3, 0.4) is 0 Å². The molecule has 1 N–H and O–H groups in total. The van der Waals surface area contributed by atoms with Gasteiger partial charge < -0.3 is 15.1 Å². The number of rotatable bonds is 9. The summed E-state index contributed by atoms with van der Waals surface area (Å²) in [5.41, 5.74) is 0.562. The minimum Gasteiger partial charge on any atom is -0.352 e. The number of hydrogen-bond donors (Lipinski definition) is 1. The molecule has 0 spiro atoms. The summed E-state index contributed by atoms with van der Waals surface area (Å²) < 4.78 is 0. The van der Waals surface area contributed by atoms with Gasteiger partial charge in [0.1, 0.15) is 6.04 Å². The van der Waals surface area contributed by atoms with Gasteiger partial charge in [-0.15, -0.1) is 11.8 Å². The zero-order chi connectivity index (χ0) is 19.8. The standard InChI is InChI=1S/C20H30ClN3O2S/c1-4-23(5-2)12-6-7-15(3)22-19(25)18-13-27-14-24(18)20(26)16-8-10-17(21)11-9-16/h8-11,15,18H,4-7,12-14H2,1-3H3,(H,22,25). The molecule has 0 bridgehead atoms. The van der Waals surface area contributed by atoms with Crippen molar-refractivity contribution in [3.63, 3.8) is 0 Å². The number of amides is 2. The van der Waals surface area contributed by atoms with Crippen molar-refractivity contribution < 1.29 is 9.59 Å². The van der Waals surface area contributed by atoms with E-state index in [-0.39, 0.29) is 17.9 Å². The van der Waals surface area contributed by atoms with Crippen LogP contribution < -0.4 is 5.32 Å². The zero-order valence-corrected chi connectivity index (χ0v) is 18.0. The van der Waals surface area contributed by atoms with E-state index in [2.05, 4.69) is 24.1 Å². The van der Waals surface area contributed by atoms with Gasteiger partial charge >= 0.3 is 0 Å². The first-order chi connectivity index (χ1) is 13.0. The molecule has 0 aliphatic carbocycles. The highest BCUT2D eigenvalue weighted by Gasteiger charge is 2.35. The fourth-order valence-electron chi connectivity index (χ4n) is 3.19. The number of carbonyl (C=O) groups is 2. The summed E-state index contributed by atoms with van der Waals surface area (Å²) in [5, 5.41) is 3.68. The molecule has 2 unspecified atom stereocenters. The number of nitrogens with zero attached hydrogens (tertiary/aromatic N) is 2. The number of benzene rings is 1. The van der Waals surface area contributed by atoms with Crippen molar-refractivity contribution in [3.05, 3.63) is 34.9 Å². The Kier molecular flexibility index (Phi) is 8.93. The Labute approximate surface area is 171 Å². The van der Waals surface area contributed by atoms with E-state index in [1.54, 1.807) is 40.9 Å². The van der Waals surface area contributed by atoms with Gasteiger partial charge in [0.15, 0.2) is 0 Å². The highest BCUT2D eigenvalue weighted by Crippen LogP contribution is 2.24. The molecule has 0 radical (unpaired) electrons. The second-order valence-electron chi connectivity index (χ2n) is 6.88. The topological polar surface area (TPSA) is 52.7 Å². The number of nitrogens with one attached hydrogen (secondary N) is 1. The number of hydrogen-bond acceptors (Lipinski definition) is 4. The molecule has 1 saturated heterocycles. The Morgan fingerprint density at radius 1 is 1.30 bits per heavy atom. The first-order valence-electron chi connectivity index (χ1n) is 9.63. The number of halogens is 1. The van der Waals surface area contributed by atoms with Crippen LogP contribution in [-0.2, 0) is 4.79 Å². The second-order valence-corrected chi connectivity index (χ2v) is 8.31. The summed E-state index contributed by atoms with van der Waals surface area (Å²) in [7, 11) is 0. The molecule has 27 heavy (non-hydrogen) atoms. The summed E-state index contributed by atoms with van der Waals surface area (Å²) in [6.45, 7) is 9.52. The third-order valence-electron chi connectivity index (χ3n) is 4.93. The lowest BCUT2D eigenvalue weighted by molar-refractivity contribution is -0.125. The van der Waals surface area contributed by atoms with Crippen LogP contribution >= 0.6 is 23.4 Å². The van der Waals surface area contributed by atoms with E-state index in [0.717, 1.165) is 32.5 Å². The molecule has 1 aliphatic rings. The molecule has 2 rings (SSSR count). The zero-order valence-electron chi connectivity index (χ0n) is 16.4. The van der Waals surface area contributed by atoms with E-state index in [4.69, 9.17) is 11.6 Å². The van der Waals surface area contributed by atoms with Gasteiger partial charge in [0, 0.05) is 22.4 Å². The van der Waals surface area contributed by atoms with Gasteiger partial charge in [0.25, 0.3) is 5.91 Å². The van der Waals surface area contributed by atoms with Crippen molar-refractivity contribution in [2.75, 3.05) is 31.3 Å². The van der Waals surface area contributed by atoms with Crippen molar-refractivity contribution in [1.82, 2.24) is 15.1 Å². The molecule has 2 amide bonds. The van der Waals surface area contributed by atoms with Crippen LogP contribution in [0.15, 0.2) is 24.3 Å². The lowest BCUT2D eigenvalue weighted by atomic mass is 10.1. The summed E-state index contributed by atoms with van der Waals surface area (Å²) in [6.07, 6.45) is 1.99. The van der Waals surface area contributed by atoms with Crippen LogP contribution in [0.1, 0.15) is 44.0 Å². The van der Waals surface area contributed by atoms with E-state index in [0.29, 0.717) is 22.2 Å². The number of carbonyl (C=O) groups excluding carboxylic acids is 2. The third kappa shape index (κ3) is 6.40. The van der Waals surface area contributed by atoms with E-state index in [1.807, 2.05) is 6.92 Å². The van der Waals surface area contributed by atoms with Crippen LogP contribution in [-0.4, -0.2) is 65.0 Å². The third-order valence-corrected chi connectivity index (χ3v) is 6.20. The molecule has 0 aromatic heterocycles. The Balaban J connectivity index is 1.87. The van der Waals surface area contributed by atoms with Crippen molar-refractivity contribution in [2.45, 2.75) is 45.7 Å². The normalized spacial score (nSPS) is 18.0. The quantitative estimate of drug-likeness (QED) is 0.675. The van der Waals surface area contributed by atoms with Crippen LogP contribution in [0.4, 0.5) is 0 Å². The Hall–Kier alpha value is -1.24. The molecule has 150 valence electrons. The van der Waals surface area contributed by atoms with Gasteiger partial charge in [-0.2, -0.15) is 0 Å². The molecular formula is C20H30ClN3O2S. The van der Waals surface area contributed by atoms with E-state index in [9.17, 15) is 9.59 Å². The SMILES string of the molecule is CCN(CC)CCCC(C)NC(=O)C1CSCN1C(=O)c1ccc(Cl)cc1. The lowest BCUT2D eigenvalue weighted by Gasteiger charge is -2.25. The van der Waals surface area contributed by atoms with E-state index in [1.165, 1.54) is 0 Å². The Morgan fingerprint density at radius 3 is 2.59 bits per heavy atom. The maximum Gasteiger partial charge on any atom is 0.255 e. The van der Waals surface area contributed by atoms with Gasteiger partial charge in [-0.1, -0.05) is 25.4 Å². The largest absolute Gasteiger partial charge is 0.352 e. The molecule has 7 heteroatoms. The fraction of sp³-hybridized carbons (Fsp3) is 0.600. The molecule has 1 aromatic carbocycles. The van der Waals surface area contributed by atoms with Gasteiger partial charge in [-0.25, -0.2) is 0 Å². The molecule has 5 nitrogen and oxygen atoms in total. The summed E-state index contributed by atoms with van der Waals surface area (Å²) in [6, 6.07) is 6.50. The molecule has 1 aromatic rings. The molecule has 0 saturated carbocycles.